The molecule has 1 saturated carbocycles. The van der Waals surface area contributed by atoms with Gasteiger partial charge in [-0.1, -0.05) is 0 Å². The third-order valence-corrected chi connectivity index (χ3v) is 8.85. The van der Waals surface area contributed by atoms with E-state index in [4.69, 9.17) is 5.73 Å². The smallest absolute Gasteiger partial charge is 0.508 e. The van der Waals surface area contributed by atoms with Crippen molar-refractivity contribution in [1.29, 1.82) is 0 Å². The lowest BCUT2D eigenvalue weighted by Crippen LogP contribution is -2.65. The molecule has 15 nitrogen and oxygen atoms in total. The monoisotopic (exact) mass is 662 g/mol. The molecule has 1 fully saturated rings. The molecule has 1 aromatic rings. The van der Waals surface area contributed by atoms with Crippen LogP contribution in [0.5, 0.6) is 11.5 Å². The minimum atomic E-state index is -6.33. The highest BCUT2D eigenvalue weighted by Crippen LogP contribution is 2.54. The number of phenolic OH excluding ortho intramolecular Hbond substituents is 1. The lowest BCUT2D eigenvalue weighted by molar-refractivity contribution is -0.153. The lowest BCUT2D eigenvalue weighted by atomic mass is 9.57. The van der Waals surface area contributed by atoms with E-state index in [1.54, 1.807) is 0 Å². The van der Waals surface area contributed by atoms with Crippen LogP contribution < -0.4 is 15.2 Å². The molecule has 246 valence electrons. The number of carbonyl (C=O) groups is 4. The standard InChI is InChI=1S/C26H29F3N4O11S/c1-32(2)8-13(34)31-17-12(44-45(42,43)26(27,28)29)7-10-5-9-6-11-18(33(3)4)21(37)16(24(30)40)23(39)25(11,41)22(38)15(9)19(35)14(10)20(17)36/h7,9,11,18,35-36,39,41H,5-6,8H2,1-4H3,(H2,30,40)(H,31,34)/t9?,11?,18-,25?/m0/s1. The van der Waals surface area contributed by atoms with Gasteiger partial charge in [0.15, 0.2) is 22.9 Å². The van der Waals surface area contributed by atoms with Crippen LogP contribution in [0, 0.1) is 11.8 Å². The van der Waals surface area contributed by atoms with E-state index < -0.39 is 121 Å². The van der Waals surface area contributed by atoms with Crippen molar-refractivity contribution in [1.82, 2.24) is 9.80 Å². The Morgan fingerprint density at radius 1 is 1.16 bits per heavy atom. The fourth-order valence-corrected chi connectivity index (χ4v) is 6.55. The molecule has 45 heavy (non-hydrogen) atoms. The Bertz CT molecular complexity index is 1700. The summed E-state index contributed by atoms with van der Waals surface area (Å²) < 4.78 is 67.8. The Kier molecular flexibility index (Phi) is 8.24. The van der Waals surface area contributed by atoms with E-state index in [2.05, 4.69) is 4.18 Å². The fourth-order valence-electron chi connectivity index (χ4n) is 6.09. The molecule has 0 spiro atoms. The maximum atomic E-state index is 13.9. The van der Waals surface area contributed by atoms with Gasteiger partial charge in [0, 0.05) is 11.5 Å². The number of hydrogen-bond acceptors (Lipinski definition) is 13. The summed E-state index contributed by atoms with van der Waals surface area (Å²) in [7, 11) is -0.647. The number of aromatic hydroxyl groups is 1. The molecular weight excluding hydrogens is 633 g/mol. The Labute approximate surface area is 253 Å². The van der Waals surface area contributed by atoms with Crippen molar-refractivity contribution in [3.8, 4) is 11.5 Å². The van der Waals surface area contributed by atoms with E-state index in [0.717, 1.165) is 6.07 Å². The number of nitrogens with one attached hydrogen (secondary N) is 1. The second-order valence-electron chi connectivity index (χ2n) is 11.4. The van der Waals surface area contributed by atoms with Crippen molar-refractivity contribution >= 4 is 44.9 Å². The number of fused-ring (bicyclic) bond motifs is 3. The topological polar surface area (TPSA) is 237 Å². The number of halogens is 3. The summed E-state index contributed by atoms with van der Waals surface area (Å²) in [6.07, 6.45) is -0.735. The van der Waals surface area contributed by atoms with Crippen LogP contribution in [0.4, 0.5) is 18.9 Å². The van der Waals surface area contributed by atoms with Gasteiger partial charge in [-0.15, -0.1) is 0 Å². The van der Waals surface area contributed by atoms with E-state index in [-0.39, 0.29) is 12.0 Å². The summed E-state index contributed by atoms with van der Waals surface area (Å²) >= 11 is 0. The van der Waals surface area contributed by atoms with Gasteiger partial charge in [0.1, 0.15) is 22.8 Å². The molecule has 3 unspecified atom stereocenters. The molecule has 4 rings (SSSR count). The van der Waals surface area contributed by atoms with E-state index in [9.17, 15) is 61.2 Å². The van der Waals surface area contributed by atoms with Gasteiger partial charge in [-0.05, 0) is 58.6 Å². The molecule has 0 aromatic heterocycles. The molecule has 0 bridgehead atoms. The van der Waals surface area contributed by atoms with Gasteiger partial charge in [0.05, 0.1) is 18.2 Å². The number of nitrogens with two attached hydrogens (primary N) is 1. The van der Waals surface area contributed by atoms with Gasteiger partial charge in [0.2, 0.25) is 11.7 Å². The Morgan fingerprint density at radius 2 is 1.76 bits per heavy atom. The molecule has 0 heterocycles. The first-order valence-electron chi connectivity index (χ1n) is 13.0. The molecule has 2 amide bonds. The molecule has 0 saturated heterocycles. The van der Waals surface area contributed by atoms with Crippen LogP contribution in [0.3, 0.4) is 0 Å². The van der Waals surface area contributed by atoms with Crippen molar-refractivity contribution in [2.45, 2.75) is 30.0 Å². The SMILES string of the molecule is CN(C)CC(=O)Nc1c(OS(=O)(=O)C(F)(F)F)cc2c(c1O)C(O)=C1C(=O)C3(O)C(O)=C(C(N)=O)C(=O)[C@@H](N(C)C)C3CC1C2. The molecular formula is C26H29F3N4O11S. The maximum Gasteiger partial charge on any atom is 0.534 e. The Hall–Kier alpha value is -4.20. The molecule has 0 radical (unpaired) electrons. The number of alkyl halides is 3. The predicted molar refractivity (Wildman–Crippen MR) is 147 cm³/mol. The number of phenols is 1. The summed E-state index contributed by atoms with van der Waals surface area (Å²) in [6.45, 7) is -0.399. The quantitative estimate of drug-likeness (QED) is 0.0953. The third-order valence-electron chi connectivity index (χ3n) is 7.88. The van der Waals surface area contributed by atoms with Gasteiger partial charge < -0.3 is 40.6 Å². The summed E-state index contributed by atoms with van der Waals surface area (Å²) in [5, 5.41) is 47.0. The number of amides is 2. The number of carbonyl (C=O) groups excluding carboxylic acids is 4. The Balaban J connectivity index is 1.96. The van der Waals surface area contributed by atoms with Crippen molar-refractivity contribution in [3.05, 3.63) is 34.1 Å². The molecule has 4 atom stereocenters. The average Bonchev–Trinajstić information content (AvgIpc) is 2.86. The maximum absolute atomic E-state index is 13.9. The largest absolute Gasteiger partial charge is 0.534 e. The number of likely N-dealkylation sites (N-methyl/N-ethyl adjacent to an activating group) is 2. The zero-order chi connectivity index (χ0) is 34.1. The van der Waals surface area contributed by atoms with E-state index in [1.807, 2.05) is 5.32 Å². The normalized spacial score (nSPS) is 25.2. The predicted octanol–water partition coefficient (Wildman–Crippen LogP) is -0.307. The number of ketones is 2. The highest BCUT2D eigenvalue weighted by atomic mass is 32.2. The van der Waals surface area contributed by atoms with Gasteiger partial charge in [0.25, 0.3) is 5.91 Å². The summed E-state index contributed by atoms with van der Waals surface area (Å²) in [6, 6.07) is -0.666. The molecule has 19 heteroatoms. The summed E-state index contributed by atoms with van der Waals surface area (Å²) in [5.74, 6) is -12.0. The van der Waals surface area contributed by atoms with Gasteiger partial charge in [-0.2, -0.15) is 21.6 Å². The van der Waals surface area contributed by atoms with E-state index in [0.29, 0.717) is 0 Å². The van der Waals surface area contributed by atoms with Crippen LogP contribution in [0.15, 0.2) is 23.0 Å². The summed E-state index contributed by atoms with van der Waals surface area (Å²) in [5.41, 5.74) is -7.04. The second kappa shape index (κ2) is 11.0. The zero-order valence-electron chi connectivity index (χ0n) is 24.1. The highest BCUT2D eigenvalue weighted by molar-refractivity contribution is 7.88. The molecule has 7 N–H and O–H groups in total. The first-order chi connectivity index (χ1) is 20.6. The molecule has 3 aliphatic rings. The van der Waals surface area contributed by atoms with Crippen LogP contribution in [-0.4, -0.2) is 114 Å². The number of Topliss-reactive ketones (excluding diaryl/α,β-unsaturated/α-hetero) is 2. The number of hydrogen-bond donors (Lipinski definition) is 6. The second-order valence-corrected chi connectivity index (χ2v) is 12.9. The fraction of sp³-hybridized carbons (Fsp3) is 0.462. The number of benzene rings is 1. The number of anilines is 1. The average molecular weight is 663 g/mol. The minimum absolute atomic E-state index is 0.226. The number of primary amides is 1. The third kappa shape index (κ3) is 5.28. The van der Waals surface area contributed by atoms with Crippen LogP contribution in [-0.2, 0) is 35.7 Å². The number of rotatable bonds is 7. The minimum Gasteiger partial charge on any atom is -0.508 e. The van der Waals surface area contributed by atoms with Crippen LogP contribution in [0.1, 0.15) is 17.5 Å². The van der Waals surface area contributed by atoms with Crippen molar-refractivity contribution in [3.63, 3.8) is 0 Å². The van der Waals surface area contributed by atoms with Gasteiger partial charge in [-0.3, -0.25) is 24.1 Å². The van der Waals surface area contributed by atoms with Crippen LogP contribution in [0.25, 0.3) is 5.76 Å². The lowest BCUT2D eigenvalue weighted by Gasteiger charge is -2.50. The molecule has 3 aliphatic carbocycles. The van der Waals surface area contributed by atoms with Crippen molar-refractivity contribution in [2.24, 2.45) is 17.6 Å². The van der Waals surface area contributed by atoms with Gasteiger partial charge >= 0.3 is 15.6 Å². The van der Waals surface area contributed by atoms with E-state index in [1.165, 1.54) is 38.0 Å². The Morgan fingerprint density at radius 3 is 2.27 bits per heavy atom. The number of nitrogens with zero attached hydrogens (tertiary/aromatic N) is 2. The van der Waals surface area contributed by atoms with Crippen molar-refractivity contribution < 1.29 is 65.4 Å². The van der Waals surface area contributed by atoms with Gasteiger partial charge in [-0.25, -0.2) is 0 Å². The number of aliphatic hydroxyl groups is 3. The first kappa shape index (κ1) is 33.7. The molecule has 0 aliphatic heterocycles. The number of aliphatic hydroxyl groups excluding tert-OH is 2. The van der Waals surface area contributed by atoms with Crippen LogP contribution >= 0.6 is 0 Å². The first-order valence-corrected chi connectivity index (χ1v) is 14.5. The molecule has 1 aromatic carbocycles. The zero-order valence-corrected chi connectivity index (χ0v) is 24.9. The van der Waals surface area contributed by atoms with E-state index >= 15 is 0 Å². The highest BCUT2D eigenvalue weighted by Gasteiger charge is 2.64. The van der Waals surface area contributed by atoms with Crippen molar-refractivity contribution in [2.75, 3.05) is 40.1 Å². The summed E-state index contributed by atoms with van der Waals surface area (Å²) in [4.78, 5) is 54.3. The van der Waals surface area contributed by atoms with Crippen LogP contribution in [0.2, 0.25) is 0 Å².